The molecule has 1 aliphatic rings. The third kappa shape index (κ3) is 4.03. The molecule has 4 heterocycles. The number of aromatic nitrogens is 2. The molecule has 0 bridgehead atoms. The molecule has 8 aromatic carbocycles. The van der Waals surface area contributed by atoms with Crippen LogP contribution in [-0.2, 0) is 0 Å². The van der Waals surface area contributed by atoms with Crippen LogP contribution in [0.3, 0.4) is 0 Å². The molecule has 0 saturated heterocycles. The van der Waals surface area contributed by atoms with Gasteiger partial charge in [0.15, 0.2) is 0 Å². The Labute approximate surface area is 307 Å². The first-order valence-corrected chi connectivity index (χ1v) is 18.9. The van der Waals surface area contributed by atoms with Crippen LogP contribution in [0, 0.1) is 0 Å². The molecule has 0 spiro atoms. The maximum atomic E-state index is 5.46. The quantitative estimate of drug-likeness (QED) is 0.196. The number of nitrogens with zero attached hydrogens (tertiary/aromatic N) is 3. The second-order valence-electron chi connectivity index (χ2n) is 13.9. The van der Waals surface area contributed by atoms with Crippen molar-refractivity contribution in [3.8, 4) is 5.69 Å². The summed E-state index contributed by atoms with van der Waals surface area (Å²) in [5, 5.41) is 16.0. The number of benzene rings is 8. The van der Waals surface area contributed by atoms with Gasteiger partial charge in [-0.3, -0.25) is 0 Å². The van der Waals surface area contributed by atoms with E-state index in [-0.39, 0.29) is 6.29 Å². The van der Waals surface area contributed by atoms with Crippen LogP contribution in [0.25, 0.3) is 85.9 Å². The Kier molecular flexibility index (Phi) is 5.96. The molecule has 11 aromatic rings. The van der Waals surface area contributed by atoms with Gasteiger partial charge in [-0.25, -0.2) is 4.99 Å². The van der Waals surface area contributed by atoms with Crippen molar-refractivity contribution in [1.82, 2.24) is 14.5 Å². The van der Waals surface area contributed by atoms with Crippen LogP contribution in [0.15, 0.2) is 175 Å². The highest BCUT2D eigenvalue weighted by Gasteiger charge is 2.26. The van der Waals surface area contributed by atoms with Crippen molar-refractivity contribution in [3.63, 3.8) is 0 Å². The second kappa shape index (κ2) is 10.9. The summed E-state index contributed by atoms with van der Waals surface area (Å²) in [4.78, 5) is 5.46. The molecule has 0 amide bonds. The van der Waals surface area contributed by atoms with Crippen molar-refractivity contribution in [2.75, 3.05) is 0 Å². The van der Waals surface area contributed by atoms with Crippen molar-refractivity contribution in [2.45, 2.75) is 6.29 Å². The molecule has 1 atom stereocenters. The Morgan fingerprint density at radius 3 is 1.94 bits per heavy atom. The Bertz CT molecular complexity index is 3440. The number of nitrogens with one attached hydrogen (secondary N) is 1. The van der Waals surface area contributed by atoms with Gasteiger partial charge in [-0.05, 0) is 47.3 Å². The minimum absolute atomic E-state index is 0.369. The smallest absolute Gasteiger partial charge is 0.201 e. The number of fused-ring (bicyclic) bond motifs is 13. The summed E-state index contributed by atoms with van der Waals surface area (Å²) in [5.41, 5.74) is 8.24. The monoisotopic (exact) mass is 694 g/mol. The van der Waals surface area contributed by atoms with E-state index in [1.54, 1.807) is 0 Å². The SMILES string of the molecule is c1ccc(C2=c3ccccc3=NC(n3c4ccccc4c4ccc5sc6ccc7c8ccccc8n(-c8cccc9ccccc89)c7c6c5c43)N2)cc1. The molecule has 5 heteroatoms. The number of rotatable bonds is 3. The molecular weight excluding hydrogens is 665 g/mol. The molecular formula is C48H30N4S. The van der Waals surface area contributed by atoms with Crippen molar-refractivity contribution in [1.29, 1.82) is 0 Å². The van der Waals surface area contributed by atoms with E-state index < -0.39 is 0 Å². The maximum absolute atomic E-state index is 5.46. The molecule has 0 fully saturated rings. The summed E-state index contributed by atoms with van der Waals surface area (Å²) in [7, 11) is 0. The van der Waals surface area contributed by atoms with E-state index in [1.165, 1.54) is 74.7 Å². The lowest BCUT2D eigenvalue weighted by molar-refractivity contribution is 0.490. The van der Waals surface area contributed by atoms with Crippen molar-refractivity contribution in [2.24, 2.45) is 4.99 Å². The number of thiophene rings is 1. The van der Waals surface area contributed by atoms with Gasteiger partial charge in [-0.15, -0.1) is 11.3 Å². The van der Waals surface area contributed by atoms with E-state index in [0.717, 1.165) is 27.4 Å². The zero-order valence-corrected chi connectivity index (χ0v) is 29.3. The van der Waals surface area contributed by atoms with Crippen LogP contribution in [0.5, 0.6) is 0 Å². The van der Waals surface area contributed by atoms with Crippen LogP contribution in [0.1, 0.15) is 11.9 Å². The minimum Gasteiger partial charge on any atom is -0.345 e. The lowest BCUT2D eigenvalue weighted by Crippen LogP contribution is -2.41. The summed E-state index contributed by atoms with van der Waals surface area (Å²) in [6.07, 6.45) is -0.369. The lowest BCUT2D eigenvalue weighted by Gasteiger charge is -2.25. The third-order valence-electron chi connectivity index (χ3n) is 11.1. The van der Waals surface area contributed by atoms with Crippen LogP contribution in [0.2, 0.25) is 0 Å². The zero-order valence-electron chi connectivity index (χ0n) is 28.5. The Morgan fingerprint density at radius 2 is 1.11 bits per heavy atom. The molecule has 1 unspecified atom stereocenters. The molecule has 248 valence electrons. The number of para-hydroxylation sites is 3. The Morgan fingerprint density at radius 1 is 0.491 bits per heavy atom. The fraction of sp³-hybridized carbons (Fsp3) is 0.0208. The van der Waals surface area contributed by atoms with E-state index in [0.29, 0.717) is 0 Å². The summed E-state index contributed by atoms with van der Waals surface area (Å²) in [6.45, 7) is 0. The predicted octanol–water partition coefficient (Wildman–Crippen LogP) is 10.9. The van der Waals surface area contributed by atoms with Gasteiger partial charge < -0.3 is 14.5 Å². The van der Waals surface area contributed by atoms with Gasteiger partial charge in [0.2, 0.25) is 6.29 Å². The predicted molar refractivity (Wildman–Crippen MR) is 223 cm³/mol. The fourth-order valence-corrected chi connectivity index (χ4v) is 10.0. The van der Waals surface area contributed by atoms with Gasteiger partial charge in [-0.1, -0.05) is 133 Å². The summed E-state index contributed by atoms with van der Waals surface area (Å²) >= 11 is 1.88. The average molecular weight is 695 g/mol. The Hall–Kier alpha value is -6.69. The van der Waals surface area contributed by atoms with E-state index in [9.17, 15) is 0 Å². The van der Waals surface area contributed by atoms with Gasteiger partial charge in [0, 0.05) is 52.3 Å². The van der Waals surface area contributed by atoms with Gasteiger partial charge in [0.25, 0.3) is 0 Å². The van der Waals surface area contributed by atoms with Gasteiger partial charge in [0.05, 0.1) is 38.8 Å². The topological polar surface area (TPSA) is 34.2 Å². The van der Waals surface area contributed by atoms with E-state index >= 15 is 0 Å². The van der Waals surface area contributed by atoms with Crippen LogP contribution in [0.4, 0.5) is 0 Å². The van der Waals surface area contributed by atoms with Crippen LogP contribution < -0.4 is 15.9 Å². The van der Waals surface area contributed by atoms with Gasteiger partial charge in [-0.2, -0.15) is 0 Å². The van der Waals surface area contributed by atoms with E-state index in [4.69, 9.17) is 4.99 Å². The first kappa shape index (κ1) is 28.9. The molecule has 1 aliphatic heterocycles. The first-order chi connectivity index (χ1) is 26.3. The van der Waals surface area contributed by atoms with Gasteiger partial charge in [0.1, 0.15) is 0 Å². The average Bonchev–Trinajstić information content (AvgIpc) is 3.88. The van der Waals surface area contributed by atoms with Crippen molar-refractivity contribution >= 4 is 91.6 Å². The minimum atomic E-state index is -0.369. The molecule has 1 N–H and O–H groups in total. The standard InChI is InChI=1S/C48H30N4S/c1-2-14-30(15-3-1)45-36-20-6-9-21-37(36)49-48(50-45)52-40-23-11-8-19-33(40)35-26-28-42-44(47(35)52)43-41(53-42)27-25-34-32-18-7-10-22-39(32)51(46(34)43)38-24-12-16-29-13-4-5-17-31(29)38/h1-28,48,50H. The Balaban J connectivity index is 1.26. The highest BCUT2D eigenvalue weighted by molar-refractivity contribution is 7.26. The third-order valence-corrected chi connectivity index (χ3v) is 12.2. The van der Waals surface area contributed by atoms with Gasteiger partial charge >= 0.3 is 0 Å². The van der Waals surface area contributed by atoms with E-state index in [2.05, 4.69) is 184 Å². The molecule has 12 rings (SSSR count). The van der Waals surface area contributed by atoms with E-state index in [1.807, 2.05) is 11.3 Å². The molecule has 0 aliphatic carbocycles. The summed E-state index contributed by atoms with van der Waals surface area (Å²) in [5.74, 6) is 0. The van der Waals surface area contributed by atoms with Crippen molar-refractivity contribution in [3.05, 3.63) is 186 Å². The highest BCUT2D eigenvalue weighted by Crippen LogP contribution is 2.48. The van der Waals surface area contributed by atoms with Crippen molar-refractivity contribution < 1.29 is 0 Å². The summed E-state index contributed by atoms with van der Waals surface area (Å²) in [6, 6.07) is 61.6. The lowest BCUT2D eigenvalue weighted by atomic mass is 10.0. The van der Waals surface area contributed by atoms with Crippen LogP contribution >= 0.6 is 11.3 Å². The second-order valence-corrected chi connectivity index (χ2v) is 15.0. The van der Waals surface area contributed by atoms with Crippen LogP contribution in [-0.4, -0.2) is 9.13 Å². The molecule has 4 nitrogen and oxygen atoms in total. The fourth-order valence-electron chi connectivity index (χ4n) is 8.92. The highest BCUT2D eigenvalue weighted by atomic mass is 32.1. The molecule has 0 radical (unpaired) electrons. The number of hydrogen-bond acceptors (Lipinski definition) is 3. The zero-order chi connectivity index (χ0) is 34.6. The first-order valence-electron chi connectivity index (χ1n) is 18.1. The number of hydrogen-bond donors (Lipinski definition) is 1. The normalized spacial score (nSPS) is 14.5. The molecule has 53 heavy (non-hydrogen) atoms. The molecule has 0 saturated carbocycles. The molecule has 3 aromatic heterocycles. The maximum Gasteiger partial charge on any atom is 0.201 e. The largest absolute Gasteiger partial charge is 0.345 e. The summed E-state index contributed by atoms with van der Waals surface area (Å²) < 4.78 is 7.52.